The second-order valence-corrected chi connectivity index (χ2v) is 3.07. The molecular weight excluding hydrogens is 186 g/mol. The van der Waals surface area contributed by atoms with E-state index < -0.39 is 5.97 Å². The normalized spacial score (nSPS) is 12.6. The molecule has 0 aliphatic heterocycles. The third kappa shape index (κ3) is 4.23. The minimum absolute atomic E-state index is 0.0317. The molecular formula is C9H17NO4. The molecule has 0 rings (SSSR count). The number of rotatable bonds is 6. The van der Waals surface area contributed by atoms with Crippen LogP contribution < -0.4 is 0 Å². The summed E-state index contributed by atoms with van der Waals surface area (Å²) >= 11 is 0. The molecule has 0 spiro atoms. The van der Waals surface area contributed by atoms with Gasteiger partial charge in [0.05, 0.1) is 13.5 Å². The number of nitrogens with zero attached hydrogens (tertiary/aromatic N) is 1. The van der Waals surface area contributed by atoms with Gasteiger partial charge in [-0.15, -0.1) is 0 Å². The first-order valence-corrected chi connectivity index (χ1v) is 4.52. The van der Waals surface area contributed by atoms with E-state index in [1.165, 1.54) is 7.11 Å². The standard InChI is InChI=1S/C9H17NO4/c1-4-7(9(13)14-3)10(2)6-5-8(11)12/h7H,4-6H2,1-3H3,(H,11,12). The molecule has 0 aliphatic carbocycles. The van der Waals surface area contributed by atoms with Gasteiger partial charge in [-0.3, -0.25) is 14.5 Å². The summed E-state index contributed by atoms with van der Waals surface area (Å²) in [6.45, 7) is 2.21. The molecule has 0 radical (unpaired) electrons. The Hall–Kier alpha value is -1.10. The number of ether oxygens (including phenoxy) is 1. The van der Waals surface area contributed by atoms with Crippen LogP contribution in [0, 0.1) is 0 Å². The first-order chi connectivity index (χ1) is 6.52. The van der Waals surface area contributed by atoms with Crippen LogP contribution in [0.2, 0.25) is 0 Å². The number of carbonyl (C=O) groups is 2. The van der Waals surface area contributed by atoms with Gasteiger partial charge in [0.15, 0.2) is 0 Å². The molecule has 0 aliphatic rings. The average Bonchev–Trinajstić information content (AvgIpc) is 2.15. The fraction of sp³-hybridized carbons (Fsp3) is 0.778. The Morgan fingerprint density at radius 1 is 1.50 bits per heavy atom. The van der Waals surface area contributed by atoms with E-state index in [4.69, 9.17) is 5.11 Å². The SMILES string of the molecule is CCC(C(=O)OC)N(C)CCC(=O)O. The summed E-state index contributed by atoms with van der Waals surface area (Å²) in [5.41, 5.74) is 0. The predicted molar refractivity (Wildman–Crippen MR) is 51.0 cm³/mol. The van der Waals surface area contributed by atoms with Crippen molar-refractivity contribution in [3.8, 4) is 0 Å². The van der Waals surface area contributed by atoms with Gasteiger partial charge in [-0.05, 0) is 13.5 Å². The molecule has 5 nitrogen and oxygen atoms in total. The lowest BCUT2D eigenvalue weighted by Crippen LogP contribution is -2.39. The number of aliphatic carboxylic acids is 1. The molecule has 0 aromatic rings. The molecule has 1 N–H and O–H groups in total. The first-order valence-electron chi connectivity index (χ1n) is 4.52. The van der Waals surface area contributed by atoms with E-state index in [-0.39, 0.29) is 18.4 Å². The van der Waals surface area contributed by atoms with Crippen LogP contribution in [0.3, 0.4) is 0 Å². The van der Waals surface area contributed by atoms with Gasteiger partial charge < -0.3 is 9.84 Å². The highest BCUT2D eigenvalue weighted by Crippen LogP contribution is 2.04. The van der Waals surface area contributed by atoms with E-state index in [1.54, 1.807) is 11.9 Å². The van der Waals surface area contributed by atoms with E-state index in [2.05, 4.69) is 4.74 Å². The maximum Gasteiger partial charge on any atom is 0.323 e. The highest BCUT2D eigenvalue weighted by atomic mass is 16.5. The van der Waals surface area contributed by atoms with Crippen LogP contribution in [0.5, 0.6) is 0 Å². The molecule has 1 unspecified atom stereocenters. The van der Waals surface area contributed by atoms with Crippen LogP contribution in [0.4, 0.5) is 0 Å². The first kappa shape index (κ1) is 12.9. The van der Waals surface area contributed by atoms with Gasteiger partial charge in [-0.2, -0.15) is 0 Å². The molecule has 1 atom stereocenters. The zero-order chi connectivity index (χ0) is 11.1. The molecule has 14 heavy (non-hydrogen) atoms. The smallest absolute Gasteiger partial charge is 0.323 e. The minimum atomic E-state index is -0.864. The summed E-state index contributed by atoms with van der Waals surface area (Å²) < 4.78 is 4.60. The van der Waals surface area contributed by atoms with Gasteiger partial charge in [0.1, 0.15) is 6.04 Å². The van der Waals surface area contributed by atoms with E-state index in [9.17, 15) is 9.59 Å². The summed E-state index contributed by atoms with van der Waals surface area (Å²) in [5, 5.41) is 8.47. The largest absolute Gasteiger partial charge is 0.481 e. The molecule has 0 saturated carbocycles. The Bertz CT molecular complexity index is 205. The van der Waals surface area contributed by atoms with Crippen molar-refractivity contribution in [2.45, 2.75) is 25.8 Å². The van der Waals surface area contributed by atoms with E-state index in [0.717, 1.165) is 0 Å². The Labute approximate surface area is 83.6 Å². The van der Waals surface area contributed by atoms with Crippen LogP contribution in [0.25, 0.3) is 0 Å². The molecule has 0 heterocycles. The van der Waals surface area contributed by atoms with Crippen molar-refractivity contribution in [2.24, 2.45) is 0 Å². The quantitative estimate of drug-likeness (QED) is 0.631. The number of carboxylic acids is 1. The Balaban J connectivity index is 4.10. The second-order valence-electron chi connectivity index (χ2n) is 3.07. The number of carboxylic acid groups (broad SMARTS) is 1. The number of hydrogen-bond donors (Lipinski definition) is 1. The van der Waals surface area contributed by atoms with E-state index >= 15 is 0 Å². The molecule has 5 heteroatoms. The van der Waals surface area contributed by atoms with Gasteiger partial charge in [-0.25, -0.2) is 0 Å². The Morgan fingerprint density at radius 3 is 2.43 bits per heavy atom. The fourth-order valence-corrected chi connectivity index (χ4v) is 1.22. The van der Waals surface area contributed by atoms with Crippen LogP contribution >= 0.6 is 0 Å². The monoisotopic (exact) mass is 203 g/mol. The molecule has 0 amide bonds. The van der Waals surface area contributed by atoms with Gasteiger partial charge in [-0.1, -0.05) is 6.92 Å². The summed E-state index contributed by atoms with van der Waals surface area (Å²) in [7, 11) is 3.05. The van der Waals surface area contributed by atoms with Crippen molar-refractivity contribution in [3.05, 3.63) is 0 Å². The highest BCUT2D eigenvalue weighted by molar-refractivity contribution is 5.75. The van der Waals surface area contributed by atoms with E-state index in [0.29, 0.717) is 13.0 Å². The Kier molecular flexibility index (Phi) is 5.87. The number of carbonyl (C=O) groups excluding carboxylic acids is 1. The van der Waals surface area contributed by atoms with Crippen LogP contribution in [-0.2, 0) is 14.3 Å². The lowest BCUT2D eigenvalue weighted by Gasteiger charge is -2.23. The topological polar surface area (TPSA) is 66.8 Å². The van der Waals surface area contributed by atoms with Gasteiger partial charge in [0, 0.05) is 6.54 Å². The zero-order valence-electron chi connectivity index (χ0n) is 8.82. The number of methoxy groups -OCH3 is 1. The predicted octanol–water partition coefficient (Wildman–Crippen LogP) is 0.344. The molecule has 0 aromatic heterocycles. The number of hydrogen-bond acceptors (Lipinski definition) is 4. The van der Waals surface area contributed by atoms with Gasteiger partial charge in [0.2, 0.25) is 0 Å². The summed E-state index contributed by atoms with van der Waals surface area (Å²) in [6.07, 6.45) is 0.646. The lowest BCUT2D eigenvalue weighted by atomic mass is 10.2. The van der Waals surface area contributed by atoms with E-state index in [1.807, 2.05) is 6.92 Å². The molecule has 82 valence electrons. The van der Waals surface area contributed by atoms with Gasteiger partial charge in [0.25, 0.3) is 0 Å². The highest BCUT2D eigenvalue weighted by Gasteiger charge is 2.21. The average molecular weight is 203 g/mol. The minimum Gasteiger partial charge on any atom is -0.481 e. The van der Waals surface area contributed by atoms with Crippen molar-refractivity contribution in [2.75, 3.05) is 20.7 Å². The Morgan fingerprint density at radius 2 is 2.07 bits per heavy atom. The molecule has 0 fully saturated rings. The van der Waals surface area contributed by atoms with Crippen molar-refractivity contribution >= 4 is 11.9 Å². The van der Waals surface area contributed by atoms with Crippen LogP contribution in [0.15, 0.2) is 0 Å². The second kappa shape index (κ2) is 6.37. The van der Waals surface area contributed by atoms with Crippen LogP contribution in [-0.4, -0.2) is 48.7 Å². The summed E-state index contributed by atoms with van der Waals surface area (Å²) in [4.78, 5) is 23.2. The summed E-state index contributed by atoms with van der Waals surface area (Å²) in [5.74, 6) is -1.18. The summed E-state index contributed by atoms with van der Waals surface area (Å²) in [6, 6.07) is -0.348. The lowest BCUT2D eigenvalue weighted by molar-refractivity contribution is -0.147. The van der Waals surface area contributed by atoms with Crippen molar-refractivity contribution in [1.29, 1.82) is 0 Å². The van der Waals surface area contributed by atoms with Crippen molar-refractivity contribution in [3.63, 3.8) is 0 Å². The van der Waals surface area contributed by atoms with Crippen molar-refractivity contribution < 1.29 is 19.4 Å². The van der Waals surface area contributed by atoms with Crippen LogP contribution in [0.1, 0.15) is 19.8 Å². The van der Waals surface area contributed by atoms with Gasteiger partial charge >= 0.3 is 11.9 Å². The number of esters is 1. The maximum atomic E-state index is 11.2. The maximum absolute atomic E-state index is 11.2. The van der Waals surface area contributed by atoms with Crippen molar-refractivity contribution in [1.82, 2.24) is 4.90 Å². The fourth-order valence-electron chi connectivity index (χ4n) is 1.22. The molecule has 0 aromatic carbocycles. The number of likely N-dealkylation sites (N-methyl/N-ethyl adjacent to an activating group) is 1. The molecule has 0 saturated heterocycles. The molecule has 0 bridgehead atoms. The zero-order valence-corrected chi connectivity index (χ0v) is 8.82. The third-order valence-electron chi connectivity index (χ3n) is 2.07. The third-order valence-corrected chi connectivity index (χ3v) is 2.07.